The van der Waals surface area contributed by atoms with Crippen LogP contribution >= 0.6 is 0 Å². The second-order valence-electron chi connectivity index (χ2n) is 7.19. The van der Waals surface area contributed by atoms with Crippen LogP contribution in [-0.4, -0.2) is 32.1 Å². The first-order chi connectivity index (χ1) is 17.0. The zero-order valence-corrected chi connectivity index (χ0v) is 19.4. The molecule has 0 unspecified atom stereocenters. The van der Waals surface area contributed by atoms with E-state index in [1.165, 1.54) is 13.2 Å². The normalized spacial score (nSPS) is 10.6. The maximum Gasteiger partial charge on any atom is 0.266 e. The van der Waals surface area contributed by atoms with Crippen molar-refractivity contribution in [3.8, 4) is 23.3 Å². The van der Waals surface area contributed by atoms with E-state index in [1.54, 1.807) is 72.8 Å². The molecule has 0 saturated heterocycles. The maximum absolute atomic E-state index is 12.5. The van der Waals surface area contributed by atoms with Gasteiger partial charge in [-0.25, -0.2) is 0 Å². The smallest absolute Gasteiger partial charge is 0.266 e. The molecule has 178 valence electrons. The van der Waals surface area contributed by atoms with Gasteiger partial charge in [0, 0.05) is 5.69 Å². The number of ether oxygens (including phenoxy) is 3. The van der Waals surface area contributed by atoms with Gasteiger partial charge in [0.25, 0.3) is 11.8 Å². The first kappa shape index (κ1) is 24.9. The third kappa shape index (κ3) is 7.37. The third-order valence-electron chi connectivity index (χ3n) is 4.73. The van der Waals surface area contributed by atoms with Crippen LogP contribution in [0.2, 0.25) is 0 Å². The van der Waals surface area contributed by atoms with Gasteiger partial charge in [-0.3, -0.25) is 9.59 Å². The number of para-hydroxylation sites is 2. The van der Waals surface area contributed by atoms with E-state index in [-0.39, 0.29) is 18.1 Å². The lowest BCUT2D eigenvalue weighted by atomic mass is 10.1. The number of amides is 2. The highest BCUT2D eigenvalue weighted by molar-refractivity contribution is 6.10. The van der Waals surface area contributed by atoms with Gasteiger partial charge in [0.15, 0.2) is 6.61 Å². The van der Waals surface area contributed by atoms with Crippen LogP contribution in [0.4, 0.5) is 11.4 Å². The third-order valence-corrected chi connectivity index (χ3v) is 4.73. The van der Waals surface area contributed by atoms with E-state index in [2.05, 4.69) is 10.6 Å². The van der Waals surface area contributed by atoms with Gasteiger partial charge < -0.3 is 24.8 Å². The second kappa shape index (κ2) is 12.5. The molecule has 0 heterocycles. The summed E-state index contributed by atoms with van der Waals surface area (Å²) in [5, 5.41) is 14.9. The van der Waals surface area contributed by atoms with E-state index in [0.29, 0.717) is 35.0 Å². The first-order valence-electron chi connectivity index (χ1n) is 10.8. The molecule has 0 aliphatic heterocycles. The molecule has 3 aromatic carbocycles. The van der Waals surface area contributed by atoms with Crippen LogP contribution in [0.15, 0.2) is 78.4 Å². The van der Waals surface area contributed by atoms with E-state index in [1.807, 2.05) is 13.0 Å². The fourth-order valence-electron chi connectivity index (χ4n) is 3.06. The highest BCUT2D eigenvalue weighted by atomic mass is 16.5. The number of nitrogens with zero attached hydrogens (tertiary/aromatic N) is 1. The van der Waals surface area contributed by atoms with Crippen LogP contribution in [0, 0.1) is 11.3 Å². The van der Waals surface area contributed by atoms with Crippen molar-refractivity contribution in [2.24, 2.45) is 0 Å². The number of nitrogens with one attached hydrogen (secondary N) is 2. The zero-order chi connectivity index (χ0) is 25.0. The Morgan fingerprint density at radius 3 is 2.23 bits per heavy atom. The monoisotopic (exact) mass is 471 g/mol. The highest BCUT2D eigenvalue weighted by Crippen LogP contribution is 2.24. The Bertz CT molecular complexity index is 1230. The van der Waals surface area contributed by atoms with Crippen molar-refractivity contribution in [3.05, 3.63) is 83.9 Å². The van der Waals surface area contributed by atoms with Crippen molar-refractivity contribution in [1.29, 1.82) is 5.26 Å². The Morgan fingerprint density at radius 1 is 0.914 bits per heavy atom. The van der Waals surface area contributed by atoms with Crippen LogP contribution in [0.1, 0.15) is 12.5 Å². The summed E-state index contributed by atoms with van der Waals surface area (Å²) in [4.78, 5) is 24.7. The number of methoxy groups -OCH3 is 1. The molecule has 2 amide bonds. The van der Waals surface area contributed by atoms with Crippen molar-refractivity contribution < 1.29 is 23.8 Å². The molecule has 3 aromatic rings. The molecule has 0 atom stereocenters. The SMILES string of the molecule is CCOc1ccc(NC(=O)COc2ccc(/C=C(\C#N)C(=O)Nc3ccccc3OC)cc2)cc1. The Kier molecular flexibility index (Phi) is 8.85. The quantitative estimate of drug-likeness (QED) is 0.329. The number of carbonyl (C=O) groups excluding carboxylic acids is 2. The van der Waals surface area contributed by atoms with Gasteiger partial charge in [0.1, 0.15) is 28.9 Å². The predicted molar refractivity (Wildman–Crippen MR) is 133 cm³/mol. The van der Waals surface area contributed by atoms with Gasteiger partial charge in [-0.05, 0) is 67.1 Å². The summed E-state index contributed by atoms with van der Waals surface area (Å²) >= 11 is 0. The van der Waals surface area contributed by atoms with E-state index in [0.717, 1.165) is 5.75 Å². The number of carbonyl (C=O) groups is 2. The fourth-order valence-corrected chi connectivity index (χ4v) is 3.06. The summed E-state index contributed by atoms with van der Waals surface area (Å²) in [7, 11) is 1.50. The first-order valence-corrected chi connectivity index (χ1v) is 10.8. The van der Waals surface area contributed by atoms with E-state index < -0.39 is 5.91 Å². The molecule has 3 rings (SSSR count). The molecule has 2 N–H and O–H groups in total. The standard InChI is InChI=1S/C27H25N3O5/c1-3-34-22-14-10-21(11-15-22)29-26(31)18-35-23-12-8-19(9-13-23)16-20(17-28)27(32)30-24-6-4-5-7-25(24)33-2/h4-16H,3,18H2,1-2H3,(H,29,31)(H,30,32)/b20-16+. The van der Waals surface area contributed by atoms with Gasteiger partial charge in [0.05, 0.1) is 19.4 Å². The summed E-state index contributed by atoms with van der Waals surface area (Å²) in [6.07, 6.45) is 1.47. The minimum atomic E-state index is -0.553. The molecule has 0 aromatic heterocycles. The van der Waals surface area contributed by atoms with Gasteiger partial charge in [-0.2, -0.15) is 5.26 Å². The van der Waals surface area contributed by atoms with Crippen LogP contribution in [0.25, 0.3) is 6.08 Å². The molecular weight excluding hydrogens is 446 g/mol. The number of anilines is 2. The van der Waals surface area contributed by atoms with Crippen LogP contribution in [0.5, 0.6) is 17.2 Å². The lowest BCUT2D eigenvalue weighted by molar-refractivity contribution is -0.118. The largest absolute Gasteiger partial charge is 0.495 e. The Morgan fingerprint density at radius 2 is 1.57 bits per heavy atom. The molecular formula is C27H25N3O5. The van der Waals surface area contributed by atoms with Crippen molar-refractivity contribution in [2.45, 2.75) is 6.92 Å². The predicted octanol–water partition coefficient (Wildman–Crippen LogP) is 4.66. The van der Waals surface area contributed by atoms with Crippen molar-refractivity contribution in [3.63, 3.8) is 0 Å². The Balaban J connectivity index is 1.55. The zero-order valence-electron chi connectivity index (χ0n) is 19.4. The molecule has 0 bridgehead atoms. The number of rotatable bonds is 10. The molecule has 8 nitrogen and oxygen atoms in total. The molecule has 0 saturated carbocycles. The summed E-state index contributed by atoms with van der Waals surface area (Å²) in [5.41, 5.74) is 1.66. The topological polar surface area (TPSA) is 110 Å². The Labute approximate surface area is 203 Å². The number of hydrogen-bond donors (Lipinski definition) is 2. The van der Waals surface area contributed by atoms with E-state index in [9.17, 15) is 14.9 Å². The van der Waals surface area contributed by atoms with E-state index in [4.69, 9.17) is 14.2 Å². The second-order valence-corrected chi connectivity index (χ2v) is 7.19. The molecule has 0 aliphatic rings. The molecule has 0 fully saturated rings. The van der Waals surface area contributed by atoms with Crippen molar-refractivity contribution in [1.82, 2.24) is 0 Å². The summed E-state index contributed by atoms with van der Waals surface area (Å²) < 4.78 is 16.1. The Hall–Kier alpha value is -4.77. The van der Waals surface area contributed by atoms with Crippen LogP contribution in [0.3, 0.4) is 0 Å². The summed E-state index contributed by atoms with van der Waals surface area (Å²) in [6.45, 7) is 2.30. The van der Waals surface area contributed by atoms with Gasteiger partial charge >= 0.3 is 0 Å². The molecule has 0 radical (unpaired) electrons. The average molecular weight is 472 g/mol. The minimum absolute atomic E-state index is 0.0701. The van der Waals surface area contributed by atoms with E-state index >= 15 is 0 Å². The summed E-state index contributed by atoms with van der Waals surface area (Å²) in [5.74, 6) is 0.834. The molecule has 8 heteroatoms. The van der Waals surface area contributed by atoms with Crippen molar-refractivity contribution in [2.75, 3.05) is 31.0 Å². The highest BCUT2D eigenvalue weighted by Gasteiger charge is 2.12. The van der Waals surface area contributed by atoms with Crippen LogP contribution < -0.4 is 24.8 Å². The lowest BCUT2D eigenvalue weighted by Gasteiger charge is -2.09. The maximum atomic E-state index is 12.5. The minimum Gasteiger partial charge on any atom is -0.495 e. The number of benzene rings is 3. The molecule has 35 heavy (non-hydrogen) atoms. The van der Waals surface area contributed by atoms with Gasteiger partial charge in [-0.1, -0.05) is 24.3 Å². The molecule has 0 spiro atoms. The van der Waals surface area contributed by atoms with Gasteiger partial charge in [0.2, 0.25) is 0 Å². The number of hydrogen-bond acceptors (Lipinski definition) is 6. The number of nitriles is 1. The fraction of sp³-hybridized carbons (Fsp3) is 0.148. The van der Waals surface area contributed by atoms with Gasteiger partial charge in [-0.15, -0.1) is 0 Å². The summed E-state index contributed by atoms with van der Waals surface area (Å²) in [6, 6.07) is 22.6. The average Bonchev–Trinajstić information content (AvgIpc) is 2.88. The van der Waals surface area contributed by atoms with Crippen LogP contribution in [-0.2, 0) is 9.59 Å². The molecule has 0 aliphatic carbocycles. The lowest BCUT2D eigenvalue weighted by Crippen LogP contribution is -2.20. The van der Waals surface area contributed by atoms with Crippen molar-refractivity contribution >= 4 is 29.3 Å².